The molecular weight excluding hydrogens is 441 g/mol. The van der Waals surface area contributed by atoms with E-state index >= 15 is 0 Å². The number of methoxy groups -OCH3 is 1. The molecule has 2 N–H and O–H groups in total. The van der Waals surface area contributed by atoms with E-state index in [2.05, 4.69) is 27.3 Å². The number of nitrogens with zero attached hydrogens (tertiary/aromatic N) is 2. The number of phenols is 1. The molecule has 5 rings (SSSR count). The summed E-state index contributed by atoms with van der Waals surface area (Å²) in [6, 6.07) is 13.7. The largest absolute Gasteiger partial charge is 0.503 e. The van der Waals surface area contributed by atoms with Gasteiger partial charge in [-0.1, -0.05) is 17.7 Å². The number of likely N-dealkylation sites (tertiary alicyclic amines) is 1. The molecule has 0 spiro atoms. The quantitative estimate of drug-likeness (QED) is 0.493. The number of fused-ring (bicyclic) bond motifs is 1. The number of phenolic OH excluding ortho intramolecular Hbond substituents is 1. The first-order valence-corrected chi connectivity index (χ1v) is 11.9. The zero-order valence-corrected chi connectivity index (χ0v) is 19.4. The summed E-state index contributed by atoms with van der Waals surface area (Å²) in [6.07, 6.45) is 6.02. The zero-order valence-electron chi connectivity index (χ0n) is 18.7. The van der Waals surface area contributed by atoms with Crippen LogP contribution in [0.25, 0.3) is 22.0 Å². The Morgan fingerprint density at radius 1 is 1.15 bits per heavy atom. The molecule has 1 saturated carbocycles. The highest BCUT2D eigenvalue weighted by atomic mass is 35.5. The van der Waals surface area contributed by atoms with Crippen molar-refractivity contribution in [2.24, 2.45) is 0 Å². The van der Waals surface area contributed by atoms with Gasteiger partial charge in [0.1, 0.15) is 6.17 Å². The van der Waals surface area contributed by atoms with Crippen LogP contribution in [0.1, 0.15) is 32.1 Å². The maximum atomic E-state index is 13.6. The lowest BCUT2D eigenvalue weighted by Gasteiger charge is -2.35. The number of aromatic nitrogens is 1. The third-order valence-corrected chi connectivity index (χ3v) is 7.27. The topological polar surface area (TPSA) is 57.6 Å². The summed E-state index contributed by atoms with van der Waals surface area (Å²) < 4.78 is 18.9. The van der Waals surface area contributed by atoms with Crippen LogP contribution in [-0.2, 0) is 0 Å². The van der Waals surface area contributed by atoms with E-state index in [0.717, 1.165) is 59.9 Å². The molecule has 173 valence electrons. The minimum absolute atomic E-state index is 0.0624. The van der Waals surface area contributed by atoms with Gasteiger partial charge in [0.2, 0.25) is 0 Å². The fraction of sp³-hybridized carbons (Fsp3) is 0.423. The normalized spacial score (nSPS) is 23.7. The van der Waals surface area contributed by atoms with E-state index in [-0.39, 0.29) is 10.8 Å². The molecule has 0 bridgehead atoms. The highest BCUT2D eigenvalue weighted by molar-refractivity contribution is 6.32. The number of halogens is 2. The van der Waals surface area contributed by atoms with Crippen LogP contribution in [0.4, 0.5) is 10.1 Å². The second-order valence-corrected chi connectivity index (χ2v) is 9.46. The maximum Gasteiger partial charge on any atom is 0.176 e. The second kappa shape index (κ2) is 9.35. The van der Waals surface area contributed by atoms with Gasteiger partial charge >= 0.3 is 0 Å². The summed E-state index contributed by atoms with van der Waals surface area (Å²) in [5.41, 5.74) is 3.62. The first kappa shape index (κ1) is 22.2. The van der Waals surface area contributed by atoms with Crippen molar-refractivity contribution in [1.29, 1.82) is 0 Å². The van der Waals surface area contributed by atoms with Gasteiger partial charge in [-0.3, -0.25) is 9.88 Å². The molecule has 3 aromatic rings. The summed E-state index contributed by atoms with van der Waals surface area (Å²) in [5.74, 6) is 0.273. The minimum Gasteiger partial charge on any atom is -0.503 e. The molecule has 1 aromatic heterocycles. The smallest absolute Gasteiger partial charge is 0.176 e. The number of alkyl halides is 1. The molecule has 1 aliphatic heterocycles. The summed E-state index contributed by atoms with van der Waals surface area (Å²) in [5, 5.41) is 15.0. The van der Waals surface area contributed by atoms with E-state index in [1.54, 1.807) is 18.3 Å². The van der Waals surface area contributed by atoms with Crippen LogP contribution in [0.2, 0.25) is 5.02 Å². The molecule has 0 amide bonds. The van der Waals surface area contributed by atoms with Crippen molar-refractivity contribution in [2.45, 2.75) is 50.4 Å². The average Bonchev–Trinajstić information content (AvgIpc) is 3.27. The van der Waals surface area contributed by atoms with E-state index in [1.807, 2.05) is 12.1 Å². The molecule has 1 saturated heterocycles. The average molecular weight is 469 g/mol. The Morgan fingerprint density at radius 2 is 1.97 bits per heavy atom. The molecule has 1 unspecified atom stereocenters. The van der Waals surface area contributed by atoms with Crippen molar-refractivity contribution in [1.82, 2.24) is 9.88 Å². The molecule has 2 fully saturated rings. The Labute approximate surface area is 198 Å². The van der Waals surface area contributed by atoms with E-state index in [4.69, 9.17) is 16.3 Å². The Kier molecular flexibility index (Phi) is 6.30. The van der Waals surface area contributed by atoms with Crippen LogP contribution in [0.5, 0.6) is 11.5 Å². The fourth-order valence-corrected chi connectivity index (χ4v) is 5.36. The van der Waals surface area contributed by atoms with E-state index < -0.39 is 6.17 Å². The molecule has 1 atom stereocenters. The van der Waals surface area contributed by atoms with Gasteiger partial charge in [0, 0.05) is 42.8 Å². The van der Waals surface area contributed by atoms with Gasteiger partial charge in [0.25, 0.3) is 0 Å². The predicted molar refractivity (Wildman–Crippen MR) is 130 cm³/mol. The van der Waals surface area contributed by atoms with Crippen LogP contribution in [-0.4, -0.2) is 53.4 Å². The van der Waals surface area contributed by atoms with Crippen molar-refractivity contribution in [3.63, 3.8) is 0 Å². The van der Waals surface area contributed by atoms with Gasteiger partial charge < -0.3 is 15.2 Å². The van der Waals surface area contributed by atoms with Crippen LogP contribution >= 0.6 is 11.6 Å². The van der Waals surface area contributed by atoms with E-state index in [0.29, 0.717) is 30.8 Å². The van der Waals surface area contributed by atoms with Gasteiger partial charge in [-0.15, -0.1) is 0 Å². The SMILES string of the molecule is COc1cc(-c2ccc3nc[c]c(NC4CCC(N5CCC(F)C5)CC4)c3c2)cc(Cl)c1O. The number of nitrogens with one attached hydrogen (secondary N) is 1. The van der Waals surface area contributed by atoms with Crippen LogP contribution < -0.4 is 10.1 Å². The van der Waals surface area contributed by atoms with Crippen molar-refractivity contribution in [2.75, 3.05) is 25.5 Å². The summed E-state index contributed by atoms with van der Waals surface area (Å²) in [7, 11) is 1.50. The van der Waals surface area contributed by atoms with Crippen molar-refractivity contribution >= 4 is 28.2 Å². The first-order valence-electron chi connectivity index (χ1n) is 11.5. The molecule has 5 nitrogen and oxygen atoms in total. The lowest BCUT2D eigenvalue weighted by atomic mass is 9.90. The maximum absolute atomic E-state index is 13.6. The third-order valence-electron chi connectivity index (χ3n) is 6.98. The highest BCUT2D eigenvalue weighted by Gasteiger charge is 2.31. The van der Waals surface area contributed by atoms with Gasteiger partial charge in [0.05, 0.1) is 23.3 Å². The number of hydrogen-bond donors (Lipinski definition) is 2. The lowest BCUT2D eigenvalue weighted by molar-refractivity contribution is 0.173. The molecule has 1 aliphatic carbocycles. The molecule has 33 heavy (non-hydrogen) atoms. The number of benzene rings is 2. The number of aromatic hydroxyl groups is 1. The van der Waals surface area contributed by atoms with Crippen LogP contribution in [0, 0.1) is 6.07 Å². The van der Waals surface area contributed by atoms with Crippen LogP contribution in [0.15, 0.2) is 36.5 Å². The van der Waals surface area contributed by atoms with Crippen LogP contribution in [0.3, 0.4) is 0 Å². The molecule has 2 aliphatic rings. The highest BCUT2D eigenvalue weighted by Crippen LogP contribution is 2.39. The van der Waals surface area contributed by atoms with Gasteiger partial charge in [-0.2, -0.15) is 0 Å². The number of hydrogen-bond acceptors (Lipinski definition) is 5. The predicted octanol–water partition coefficient (Wildman–Crippen LogP) is 5.84. The Hall–Kier alpha value is -2.57. The number of ether oxygens (including phenoxy) is 1. The standard InChI is InChI=1S/C26H28ClFN3O2/c1-33-25-14-17(13-22(27)26(25)32)16-2-7-23-21(12-16)24(8-10-29-23)30-19-3-5-20(6-4-19)31-11-9-18(28)15-31/h2,7,10,12-14,18-20,32H,3-6,9,11,15H2,1H3,(H,29,30). The molecule has 1 radical (unpaired) electrons. The number of rotatable bonds is 5. The van der Waals surface area contributed by atoms with Crippen molar-refractivity contribution < 1.29 is 14.2 Å². The Morgan fingerprint density at radius 3 is 2.70 bits per heavy atom. The first-order chi connectivity index (χ1) is 16.0. The Balaban J connectivity index is 1.36. The van der Waals surface area contributed by atoms with Gasteiger partial charge in [0.15, 0.2) is 11.5 Å². The second-order valence-electron chi connectivity index (χ2n) is 9.05. The number of pyridine rings is 1. The monoisotopic (exact) mass is 468 g/mol. The van der Waals surface area contributed by atoms with Gasteiger partial charge in [-0.05, 0) is 67.5 Å². The van der Waals surface area contributed by atoms with E-state index in [1.165, 1.54) is 7.11 Å². The third kappa shape index (κ3) is 4.59. The van der Waals surface area contributed by atoms with Gasteiger partial charge in [-0.25, -0.2) is 4.39 Å². The van der Waals surface area contributed by atoms with E-state index in [9.17, 15) is 9.50 Å². The molecule has 2 aromatic carbocycles. The molecule has 7 heteroatoms. The Bertz CT molecular complexity index is 1150. The summed E-state index contributed by atoms with van der Waals surface area (Å²) in [6.45, 7) is 1.49. The minimum atomic E-state index is -0.656. The fourth-order valence-electron chi connectivity index (χ4n) is 5.15. The summed E-state index contributed by atoms with van der Waals surface area (Å²) >= 11 is 6.21. The summed E-state index contributed by atoms with van der Waals surface area (Å²) in [4.78, 5) is 6.81. The lowest BCUT2D eigenvalue weighted by Crippen LogP contribution is -2.39. The molecular formula is C26H28ClFN3O2. The zero-order chi connectivity index (χ0) is 22.9. The molecule has 2 heterocycles. The number of anilines is 1. The van der Waals surface area contributed by atoms with Crippen molar-refractivity contribution in [3.05, 3.63) is 47.6 Å². The van der Waals surface area contributed by atoms with Crippen molar-refractivity contribution in [3.8, 4) is 22.6 Å².